The third-order valence-electron chi connectivity index (χ3n) is 3.03. The van der Waals surface area contributed by atoms with E-state index < -0.39 is 0 Å². The lowest BCUT2D eigenvalue weighted by atomic mass is 9.87. The van der Waals surface area contributed by atoms with Gasteiger partial charge in [-0.25, -0.2) is 0 Å². The van der Waals surface area contributed by atoms with Crippen LogP contribution >= 0.6 is 0 Å². The number of esters is 2. The minimum atomic E-state index is -0.374. The molecule has 16 heavy (non-hydrogen) atoms. The molecule has 2 atom stereocenters. The lowest BCUT2D eigenvalue weighted by Gasteiger charge is -2.11. The van der Waals surface area contributed by atoms with E-state index in [1.165, 1.54) is 0 Å². The molecule has 2 rings (SSSR count). The molecular formula is C13H14O3. The molecule has 0 N–H and O–H groups in total. The minimum Gasteiger partial charge on any atom is -0.393 e. The first-order valence-electron chi connectivity index (χ1n) is 5.52. The molecule has 0 unspecified atom stereocenters. The third-order valence-corrected chi connectivity index (χ3v) is 3.03. The number of carbonyl (C=O) groups excluding carboxylic acids is 2. The highest BCUT2D eigenvalue weighted by molar-refractivity contribution is 5.96. The van der Waals surface area contributed by atoms with Gasteiger partial charge in [0.25, 0.3) is 0 Å². The van der Waals surface area contributed by atoms with Crippen molar-refractivity contribution in [1.29, 1.82) is 0 Å². The van der Waals surface area contributed by atoms with E-state index in [0.29, 0.717) is 12.8 Å². The average Bonchev–Trinajstić information content (AvgIpc) is 2.55. The first-order chi connectivity index (χ1) is 7.72. The second kappa shape index (κ2) is 4.47. The smallest absolute Gasteiger partial charge is 0.317 e. The van der Waals surface area contributed by atoms with Gasteiger partial charge in [0.1, 0.15) is 0 Å². The second-order valence-electron chi connectivity index (χ2n) is 4.05. The number of hydrogen-bond acceptors (Lipinski definition) is 3. The maximum absolute atomic E-state index is 11.5. The Morgan fingerprint density at radius 2 is 1.69 bits per heavy atom. The molecule has 1 saturated heterocycles. The van der Waals surface area contributed by atoms with Gasteiger partial charge in [-0.3, -0.25) is 9.59 Å². The van der Waals surface area contributed by atoms with Crippen molar-refractivity contribution in [2.45, 2.75) is 19.8 Å². The van der Waals surface area contributed by atoms with Crippen molar-refractivity contribution in [2.24, 2.45) is 11.8 Å². The van der Waals surface area contributed by atoms with Gasteiger partial charge in [-0.05, 0) is 18.4 Å². The highest BCUT2D eigenvalue weighted by Crippen LogP contribution is 2.29. The van der Waals surface area contributed by atoms with Gasteiger partial charge < -0.3 is 4.74 Å². The number of cyclic esters (lactones) is 2. The molecule has 0 spiro atoms. The normalized spacial score (nSPS) is 24.6. The summed E-state index contributed by atoms with van der Waals surface area (Å²) in [5.74, 6) is -1.32. The van der Waals surface area contributed by atoms with E-state index in [1.807, 2.05) is 37.3 Å². The maximum atomic E-state index is 11.5. The molecule has 3 heteroatoms. The molecule has 0 aliphatic carbocycles. The van der Waals surface area contributed by atoms with Gasteiger partial charge in [0.05, 0.1) is 11.8 Å². The van der Waals surface area contributed by atoms with Crippen molar-refractivity contribution in [3.8, 4) is 0 Å². The fourth-order valence-corrected chi connectivity index (χ4v) is 2.12. The first kappa shape index (κ1) is 10.9. The molecular weight excluding hydrogens is 204 g/mol. The maximum Gasteiger partial charge on any atom is 0.317 e. The largest absolute Gasteiger partial charge is 0.393 e. The molecule has 0 aromatic heterocycles. The van der Waals surface area contributed by atoms with E-state index in [4.69, 9.17) is 0 Å². The van der Waals surface area contributed by atoms with Gasteiger partial charge in [0, 0.05) is 0 Å². The monoisotopic (exact) mass is 218 g/mol. The summed E-state index contributed by atoms with van der Waals surface area (Å²) in [6.07, 6.45) is 1.24. The SMILES string of the molecule is CC[C@H]1C(=O)OC(=O)[C@@H]1Cc1ccccc1. The Morgan fingerprint density at radius 1 is 1.06 bits per heavy atom. The predicted octanol–water partition coefficient (Wildman–Crippen LogP) is 1.95. The van der Waals surface area contributed by atoms with Crippen LogP contribution in [0.1, 0.15) is 18.9 Å². The number of carbonyl (C=O) groups is 2. The van der Waals surface area contributed by atoms with Crippen LogP contribution in [0.25, 0.3) is 0 Å². The summed E-state index contributed by atoms with van der Waals surface area (Å²) in [6.45, 7) is 1.91. The van der Waals surface area contributed by atoms with Crippen LogP contribution in [-0.2, 0) is 20.7 Å². The summed E-state index contributed by atoms with van der Waals surface area (Å²) < 4.78 is 4.67. The molecule has 0 saturated carbocycles. The summed E-state index contributed by atoms with van der Waals surface area (Å²) in [7, 11) is 0. The second-order valence-corrected chi connectivity index (χ2v) is 4.05. The Bertz CT molecular complexity index is 397. The molecule has 1 aromatic rings. The van der Waals surface area contributed by atoms with Gasteiger partial charge in [0.2, 0.25) is 0 Å². The molecule has 1 aliphatic rings. The van der Waals surface area contributed by atoms with Gasteiger partial charge in [0.15, 0.2) is 0 Å². The summed E-state index contributed by atoms with van der Waals surface area (Å²) in [5, 5.41) is 0. The zero-order chi connectivity index (χ0) is 11.5. The van der Waals surface area contributed by atoms with Crippen molar-refractivity contribution < 1.29 is 14.3 Å². The van der Waals surface area contributed by atoms with Gasteiger partial charge in [-0.1, -0.05) is 37.3 Å². The van der Waals surface area contributed by atoms with E-state index in [2.05, 4.69) is 4.74 Å². The van der Waals surface area contributed by atoms with Crippen LogP contribution in [0.5, 0.6) is 0 Å². The van der Waals surface area contributed by atoms with Crippen molar-refractivity contribution in [1.82, 2.24) is 0 Å². The topological polar surface area (TPSA) is 43.4 Å². The fourth-order valence-electron chi connectivity index (χ4n) is 2.12. The van der Waals surface area contributed by atoms with Crippen LogP contribution in [0.3, 0.4) is 0 Å². The number of ether oxygens (including phenoxy) is 1. The Labute approximate surface area is 94.4 Å². The molecule has 0 radical (unpaired) electrons. The zero-order valence-electron chi connectivity index (χ0n) is 9.18. The van der Waals surface area contributed by atoms with Gasteiger partial charge in [-0.2, -0.15) is 0 Å². The van der Waals surface area contributed by atoms with Crippen molar-refractivity contribution in [3.63, 3.8) is 0 Å². The van der Waals surface area contributed by atoms with E-state index >= 15 is 0 Å². The van der Waals surface area contributed by atoms with Crippen LogP contribution < -0.4 is 0 Å². The highest BCUT2D eigenvalue weighted by Gasteiger charge is 2.42. The molecule has 84 valence electrons. The van der Waals surface area contributed by atoms with Crippen LogP contribution in [0.15, 0.2) is 30.3 Å². The lowest BCUT2D eigenvalue weighted by Crippen LogP contribution is -2.19. The van der Waals surface area contributed by atoms with E-state index in [0.717, 1.165) is 5.56 Å². The number of hydrogen-bond donors (Lipinski definition) is 0. The standard InChI is InChI=1S/C13H14O3/c1-2-10-11(13(15)16-12(10)14)8-9-6-4-3-5-7-9/h3-7,10-11H,2,8H2,1H3/t10-,11-/m1/s1. The first-order valence-corrected chi connectivity index (χ1v) is 5.52. The Kier molecular flexibility index (Phi) is 3.04. The number of rotatable bonds is 3. The Morgan fingerprint density at radius 3 is 2.31 bits per heavy atom. The summed E-state index contributed by atoms with van der Waals surface area (Å²) in [5.41, 5.74) is 1.07. The Hall–Kier alpha value is -1.64. The molecule has 1 aromatic carbocycles. The Balaban J connectivity index is 2.14. The summed E-state index contributed by atoms with van der Waals surface area (Å²) in [4.78, 5) is 22.9. The van der Waals surface area contributed by atoms with Crippen LogP contribution in [0.2, 0.25) is 0 Å². The molecule has 0 amide bonds. The molecule has 0 bridgehead atoms. The van der Waals surface area contributed by atoms with E-state index in [1.54, 1.807) is 0 Å². The van der Waals surface area contributed by atoms with Crippen molar-refractivity contribution >= 4 is 11.9 Å². The van der Waals surface area contributed by atoms with Gasteiger partial charge in [-0.15, -0.1) is 0 Å². The van der Waals surface area contributed by atoms with Gasteiger partial charge >= 0.3 is 11.9 Å². The fraction of sp³-hybridized carbons (Fsp3) is 0.385. The predicted molar refractivity (Wildman–Crippen MR) is 58.5 cm³/mol. The highest BCUT2D eigenvalue weighted by atomic mass is 16.6. The lowest BCUT2D eigenvalue weighted by molar-refractivity contribution is -0.153. The van der Waals surface area contributed by atoms with E-state index in [-0.39, 0.29) is 23.8 Å². The molecule has 1 fully saturated rings. The summed E-state index contributed by atoms with van der Waals surface area (Å²) >= 11 is 0. The number of benzene rings is 1. The third kappa shape index (κ3) is 1.98. The average molecular weight is 218 g/mol. The molecule has 1 aliphatic heterocycles. The quantitative estimate of drug-likeness (QED) is 0.575. The van der Waals surface area contributed by atoms with Crippen molar-refractivity contribution in [2.75, 3.05) is 0 Å². The van der Waals surface area contributed by atoms with E-state index in [9.17, 15) is 9.59 Å². The molecule has 1 heterocycles. The molecule has 3 nitrogen and oxygen atoms in total. The van der Waals surface area contributed by atoms with Crippen LogP contribution in [-0.4, -0.2) is 11.9 Å². The van der Waals surface area contributed by atoms with Crippen LogP contribution in [0, 0.1) is 11.8 Å². The summed E-state index contributed by atoms with van der Waals surface area (Å²) in [6, 6.07) is 9.71. The van der Waals surface area contributed by atoms with Crippen molar-refractivity contribution in [3.05, 3.63) is 35.9 Å². The minimum absolute atomic E-state index is 0.271. The van der Waals surface area contributed by atoms with Crippen LogP contribution in [0.4, 0.5) is 0 Å². The zero-order valence-corrected chi connectivity index (χ0v) is 9.18.